The van der Waals surface area contributed by atoms with E-state index in [2.05, 4.69) is 0 Å². The SMILES string of the molecule is CN(CC(=O)C(N)C(O)c1cccc(Cl)c1Cl)c1ccc(Cl)cc1. The number of anilines is 1. The highest BCUT2D eigenvalue weighted by atomic mass is 35.5. The molecule has 0 fully saturated rings. The first kappa shape index (κ1) is 19.0. The Bertz CT molecular complexity index is 722. The van der Waals surface area contributed by atoms with Gasteiger partial charge in [0.25, 0.3) is 0 Å². The first-order chi connectivity index (χ1) is 11.3. The Morgan fingerprint density at radius 3 is 2.42 bits per heavy atom. The lowest BCUT2D eigenvalue weighted by Crippen LogP contribution is -2.42. The number of halogens is 3. The van der Waals surface area contributed by atoms with Gasteiger partial charge in [-0.05, 0) is 30.3 Å². The number of likely N-dealkylation sites (N-methyl/N-ethyl adjacent to an activating group) is 1. The molecule has 0 aromatic heterocycles. The maximum atomic E-state index is 12.4. The molecule has 2 aromatic carbocycles. The summed E-state index contributed by atoms with van der Waals surface area (Å²) in [7, 11) is 1.76. The van der Waals surface area contributed by atoms with E-state index in [1.54, 1.807) is 54.4 Å². The summed E-state index contributed by atoms with van der Waals surface area (Å²) in [4.78, 5) is 14.1. The Morgan fingerprint density at radius 2 is 1.79 bits per heavy atom. The molecule has 128 valence electrons. The van der Waals surface area contributed by atoms with Crippen molar-refractivity contribution in [3.63, 3.8) is 0 Å². The quantitative estimate of drug-likeness (QED) is 0.793. The normalized spacial score (nSPS) is 13.4. The predicted octanol–water partition coefficient (Wildman–Crippen LogP) is 3.71. The lowest BCUT2D eigenvalue weighted by molar-refractivity contribution is -0.121. The molecule has 0 saturated heterocycles. The highest BCUT2D eigenvalue weighted by molar-refractivity contribution is 6.42. The zero-order valence-corrected chi connectivity index (χ0v) is 15.2. The molecule has 0 aliphatic rings. The Hall–Kier alpha value is -1.30. The van der Waals surface area contributed by atoms with Gasteiger partial charge < -0.3 is 15.7 Å². The lowest BCUT2D eigenvalue weighted by atomic mass is 9.99. The molecule has 2 unspecified atom stereocenters. The minimum Gasteiger partial charge on any atom is -0.386 e. The van der Waals surface area contributed by atoms with Gasteiger partial charge in [-0.15, -0.1) is 0 Å². The summed E-state index contributed by atoms with van der Waals surface area (Å²) >= 11 is 17.9. The van der Waals surface area contributed by atoms with Crippen molar-refractivity contribution in [3.8, 4) is 0 Å². The topological polar surface area (TPSA) is 66.6 Å². The number of hydrogen-bond donors (Lipinski definition) is 2. The molecular weight excluding hydrogens is 371 g/mol. The van der Waals surface area contributed by atoms with Gasteiger partial charge in [-0.25, -0.2) is 0 Å². The van der Waals surface area contributed by atoms with Crippen molar-refractivity contribution in [3.05, 3.63) is 63.1 Å². The van der Waals surface area contributed by atoms with Crippen LogP contribution in [0.25, 0.3) is 0 Å². The largest absolute Gasteiger partial charge is 0.386 e. The third-order valence-corrected chi connectivity index (χ3v) is 4.76. The minimum absolute atomic E-state index is 0.0397. The van der Waals surface area contributed by atoms with Gasteiger partial charge in [0.2, 0.25) is 0 Å². The Morgan fingerprint density at radius 1 is 1.17 bits per heavy atom. The number of carbonyl (C=O) groups is 1. The fraction of sp³-hybridized carbons (Fsp3) is 0.235. The van der Waals surface area contributed by atoms with Crippen molar-refractivity contribution in [1.29, 1.82) is 0 Å². The van der Waals surface area contributed by atoms with Gasteiger partial charge in [0.15, 0.2) is 5.78 Å². The molecule has 0 aliphatic carbocycles. The molecule has 0 heterocycles. The third-order valence-electron chi connectivity index (χ3n) is 3.67. The molecule has 0 aliphatic heterocycles. The first-order valence-corrected chi connectivity index (χ1v) is 8.31. The Labute approximate surface area is 155 Å². The number of aliphatic hydroxyl groups excluding tert-OH is 1. The molecular formula is C17H17Cl3N2O2. The van der Waals surface area contributed by atoms with Gasteiger partial charge in [-0.2, -0.15) is 0 Å². The minimum atomic E-state index is -1.23. The molecule has 0 spiro atoms. The number of rotatable bonds is 6. The molecule has 24 heavy (non-hydrogen) atoms. The van der Waals surface area contributed by atoms with E-state index in [1.165, 1.54) is 0 Å². The molecule has 0 bridgehead atoms. The number of Topliss-reactive ketones (excluding diaryl/α,β-unsaturated/α-hetero) is 1. The fourth-order valence-corrected chi connectivity index (χ4v) is 2.79. The summed E-state index contributed by atoms with van der Waals surface area (Å²) in [5.41, 5.74) is 7.06. The van der Waals surface area contributed by atoms with E-state index in [-0.39, 0.29) is 17.4 Å². The Balaban J connectivity index is 2.08. The second-order valence-corrected chi connectivity index (χ2v) is 6.63. The van der Waals surface area contributed by atoms with Crippen molar-refractivity contribution in [1.82, 2.24) is 0 Å². The molecule has 2 aromatic rings. The van der Waals surface area contributed by atoms with E-state index < -0.39 is 12.1 Å². The number of hydrogen-bond acceptors (Lipinski definition) is 4. The number of aliphatic hydroxyl groups is 1. The van der Waals surface area contributed by atoms with Crippen molar-refractivity contribution in [2.45, 2.75) is 12.1 Å². The second-order valence-electron chi connectivity index (χ2n) is 5.41. The summed E-state index contributed by atoms with van der Waals surface area (Å²) in [6, 6.07) is 10.8. The van der Waals surface area contributed by atoms with E-state index in [0.29, 0.717) is 15.6 Å². The van der Waals surface area contributed by atoms with Crippen LogP contribution in [0.5, 0.6) is 0 Å². The zero-order chi connectivity index (χ0) is 17.9. The molecule has 7 heteroatoms. The molecule has 4 nitrogen and oxygen atoms in total. The molecule has 2 atom stereocenters. The third kappa shape index (κ3) is 4.41. The average molecular weight is 388 g/mol. The van der Waals surface area contributed by atoms with E-state index >= 15 is 0 Å². The average Bonchev–Trinajstić information content (AvgIpc) is 2.56. The van der Waals surface area contributed by atoms with Gasteiger partial charge in [0.1, 0.15) is 6.10 Å². The van der Waals surface area contributed by atoms with Crippen LogP contribution in [0.4, 0.5) is 5.69 Å². The fourth-order valence-electron chi connectivity index (χ4n) is 2.24. The van der Waals surface area contributed by atoms with Crippen LogP contribution < -0.4 is 10.6 Å². The molecule has 0 radical (unpaired) electrons. The van der Waals surface area contributed by atoms with Gasteiger partial charge in [-0.3, -0.25) is 4.79 Å². The summed E-state index contributed by atoms with van der Waals surface area (Å²) in [5.74, 6) is -0.323. The summed E-state index contributed by atoms with van der Waals surface area (Å²) < 4.78 is 0. The van der Waals surface area contributed by atoms with Crippen LogP contribution in [0.3, 0.4) is 0 Å². The van der Waals surface area contributed by atoms with Crippen LogP contribution in [-0.2, 0) is 4.79 Å². The van der Waals surface area contributed by atoms with Crippen LogP contribution in [0.15, 0.2) is 42.5 Å². The highest BCUT2D eigenvalue weighted by Gasteiger charge is 2.27. The summed E-state index contributed by atoms with van der Waals surface area (Å²) in [6.45, 7) is 0.0397. The van der Waals surface area contributed by atoms with Crippen molar-refractivity contribution < 1.29 is 9.90 Å². The van der Waals surface area contributed by atoms with Crippen molar-refractivity contribution >= 4 is 46.3 Å². The molecule has 2 rings (SSSR count). The molecule has 3 N–H and O–H groups in total. The van der Waals surface area contributed by atoms with E-state index in [9.17, 15) is 9.90 Å². The van der Waals surface area contributed by atoms with Crippen LogP contribution in [0.1, 0.15) is 11.7 Å². The number of nitrogens with two attached hydrogens (primary N) is 1. The maximum Gasteiger partial charge on any atom is 0.171 e. The predicted molar refractivity (Wildman–Crippen MR) is 99.1 cm³/mol. The number of benzene rings is 2. The van der Waals surface area contributed by atoms with Crippen LogP contribution >= 0.6 is 34.8 Å². The van der Waals surface area contributed by atoms with Crippen molar-refractivity contribution in [2.24, 2.45) is 5.73 Å². The second kappa shape index (κ2) is 8.19. The van der Waals surface area contributed by atoms with Crippen LogP contribution in [0.2, 0.25) is 15.1 Å². The number of ketones is 1. The number of carbonyl (C=O) groups excluding carboxylic acids is 1. The van der Waals surface area contributed by atoms with Crippen LogP contribution in [0, 0.1) is 0 Å². The molecule has 0 amide bonds. The first-order valence-electron chi connectivity index (χ1n) is 7.18. The van der Waals surface area contributed by atoms with Crippen LogP contribution in [-0.4, -0.2) is 30.5 Å². The van der Waals surface area contributed by atoms with Gasteiger partial charge in [-0.1, -0.05) is 46.9 Å². The lowest BCUT2D eigenvalue weighted by Gasteiger charge is -2.24. The summed E-state index contributed by atoms with van der Waals surface area (Å²) in [6.07, 6.45) is -1.23. The number of nitrogens with zero attached hydrogens (tertiary/aromatic N) is 1. The standard InChI is InChI=1S/C17H17Cl3N2O2/c1-22(11-7-5-10(18)6-8-11)9-14(23)16(21)17(24)12-3-2-4-13(19)15(12)20/h2-8,16-17,24H,9,21H2,1H3. The van der Waals surface area contributed by atoms with Gasteiger partial charge in [0.05, 0.1) is 22.6 Å². The summed E-state index contributed by atoms with van der Waals surface area (Å²) in [5, 5.41) is 11.5. The van der Waals surface area contributed by atoms with E-state index in [1.807, 2.05) is 0 Å². The van der Waals surface area contributed by atoms with Crippen molar-refractivity contribution in [2.75, 3.05) is 18.5 Å². The van der Waals surface area contributed by atoms with E-state index in [4.69, 9.17) is 40.5 Å². The highest BCUT2D eigenvalue weighted by Crippen LogP contribution is 2.31. The van der Waals surface area contributed by atoms with Gasteiger partial charge in [0, 0.05) is 23.3 Å². The van der Waals surface area contributed by atoms with Gasteiger partial charge >= 0.3 is 0 Å². The Kier molecular flexibility index (Phi) is 6.49. The van der Waals surface area contributed by atoms with E-state index in [0.717, 1.165) is 5.69 Å². The monoisotopic (exact) mass is 386 g/mol. The molecule has 0 saturated carbocycles. The smallest absolute Gasteiger partial charge is 0.171 e. The zero-order valence-electron chi connectivity index (χ0n) is 12.9. The maximum absolute atomic E-state index is 12.4.